The summed E-state index contributed by atoms with van der Waals surface area (Å²) in [5.74, 6) is 2.88. The molecule has 19 heavy (non-hydrogen) atoms. The van der Waals surface area contributed by atoms with Crippen LogP contribution in [0, 0.1) is 18.3 Å². The fourth-order valence-electron chi connectivity index (χ4n) is 1.93. The van der Waals surface area contributed by atoms with Crippen LogP contribution in [0.5, 0.6) is 0 Å². The number of hydrogen-bond donors (Lipinski definition) is 0. The second-order valence-electron chi connectivity index (χ2n) is 4.60. The highest BCUT2D eigenvalue weighted by Gasteiger charge is 2.17. The molecule has 0 saturated carbocycles. The maximum absolute atomic E-state index is 6.16. The Kier molecular flexibility index (Phi) is 4.97. The smallest absolute Gasteiger partial charge is 0.239 e. The molecule has 0 aliphatic heterocycles. The summed E-state index contributed by atoms with van der Waals surface area (Å²) in [4.78, 5) is 0. The third-order valence-corrected chi connectivity index (χ3v) is 5.51. The zero-order chi connectivity index (χ0) is 13.5. The Labute approximate surface area is 117 Å². The van der Waals surface area contributed by atoms with Crippen LogP contribution < -0.4 is 10.4 Å². The molecule has 1 atom stereocenters. The summed E-state index contributed by atoms with van der Waals surface area (Å²) in [7, 11) is -1.62. The molecule has 2 aromatic rings. The second kappa shape index (κ2) is 6.94. The van der Waals surface area contributed by atoms with Gasteiger partial charge in [0, 0.05) is 12.5 Å². The maximum Gasteiger partial charge on any atom is 0.239 e. The first-order valence-electron chi connectivity index (χ1n) is 6.49. The summed E-state index contributed by atoms with van der Waals surface area (Å²) in [6.45, 7) is 2.64. The third-order valence-electron chi connectivity index (χ3n) is 3.00. The average Bonchev–Trinajstić information content (AvgIpc) is 2.49. The van der Waals surface area contributed by atoms with Crippen LogP contribution in [0.4, 0.5) is 0 Å². The predicted octanol–water partition coefficient (Wildman–Crippen LogP) is 1.81. The van der Waals surface area contributed by atoms with Crippen LogP contribution >= 0.6 is 0 Å². The van der Waals surface area contributed by atoms with Gasteiger partial charge in [-0.2, -0.15) is 0 Å². The second-order valence-corrected chi connectivity index (χ2v) is 7.03. The van der Waals surface area contributed by atoms with Crippen molar-refractivity contribution in [2.24, 2.45) is 5.92 Å². The lowest BCUT2D eigenvalue weighted by molar-refractivity contribution is 0.302. The van der Waals surface area contributed by atoms with E-state index in [0.29, 0.717) is 6.61 Å². The standard InChI is InChI=1S/C17H18OSi/c1-3-15(2)14-18-19(16-10-6-4-7-11-16)17-12-8-5-9-13-17/h1,4-13,15,19H,14H2,2H3. The molecular weight excluding hydrogens is 248 g/mol. The van der Waals surface area contributed by atoms with E-state index in [0.717, 1.165) is 0 Å². The molecule has 0 aliphatic rings. The quantitative estimate of drug-likeness (QED) is 0.592. The monoisotopic (exact) mass is 266 g/mol. The summed E-state index contributed by atoms with van der Waals surface area (Å²) in [6, 6.07) is 20.9. The van der Waals surface area contributed by atoms with E-state index in [4.69, 9.17) is 10.8 Å². The van der Waals surface area contributed by atoms with Crippen molar-refractivity contribution in [3.05, 3.63) is 60.7 Å². The maximum atomic E-state index is 6.16. The van der Waals surface area contributed by atoms with Gasteiger partial charge in [0.25, 0.3) is 0 Å². The molecule has 1 unspecified atom stereocenters. The van der Waals surface area contributed by atoms with E-state index in [1.165, 1.54) is 10.4 Å². The number of benzene rings is 2. The van der Waals surface area contributed by atoms with Crippen LogP contribution in [0.25, 0.3) is 0 Å². The normalized spacial score (nSPS) is 12.1. The van der Waals surface area contributed by atoms with Gasteiger partial charge in [0.05, 0.1) is 0 Å². The van der Waals surface area contributed by atoms with E-state index in [1.54, 1.807) is 0 Å². The Morgan fingerprint density at radius 2 is 1.47 bits per heavy atom. The van der Waals surface area contributed by atoms with Gasteiger partial charge in [-0.05, 0) is 17.3 Å². The molecule has 0 fully saturated rings. The predicted molar refractivity (Wildman–Crippen MR) is 83.3 cm³/mol. The summed E-state index contributed by atoms with van der Waals surface area (Å²) >= 11 is 0. The van der Waals surface area contributed by atoms with Crippen molar-refractivity contribution in [1.29, 1.82) is 0 Å². The Morgan fingerprint density at radius 1 is 1.00 bits per heavy atom. The van der Waals surface area contributed by atoms with Gasteiger partial charge in [-0.1, -0.05) is 60.7 Å². The highest BCUT2D eigenvalue weighted by Crippen LogP contribution is 1.99. The van der Waals surface area contributed by atoms with Crippen LogP contribution in [0.1, 0.15) is 6.92 Å². The molecule has 0 N–H and O–H groups in total. The van der Waals surface area contributed by atoms with E-state index >= 15 is 0 Å². The number of hydrogen-bond acceptors (Lipinski definition) is 1. The Morgan fingerprint density at radius 3 is 1.89 bits per heavy atom. The third kappa shape index (κ3) is 3.82. The van der Waals surface area contributed by atoms with Gasteiger partial charge < -0.3 is 4.43 Å². The van der Waals surface area contributed by atoms with E-state index in [2.05, 4.69) is 54.5 Å². The molecule has 0 saturated heterocycles. The zero-order valence-corrected chi connectivity index (χ0v) is 12.3. The van der Waals surface area contributed by atoms with Gasteiger partial charge in [0.2, 0.25) is 9.04 Å². The molecule has 0 aromatic heterocycles. The fourth-order valence-corrected chi connectivity index (χ4v) is 4.32. The average molecular weight is 266 g/mol. The summed E-state index contributed by atoms with van der Waals surface area (Å²) in [5, 5.41) is 2.58. The first-order chi connectivity index (χ1) is 9.31. The van der Waals surface area contributed by atoms with E-state index in [1.807, 2.05) is 19.1 Å². The molecule has 1 nitrogen and oxygen atoms in total. The van der Waals surface area contributed by atoms with Crippen molar-refractivity contribution in [2.45, 2.75) is 6.92 Å². The highest BCUT2D eigenvalue weighted by atomic mass is 28.3. The van der Waals surface area contributed by atoms with Gasteiger partial charge in [0.1, 0.15) is 0 Å². The van der Waals surface area contributed by atoms with Gasteiger partial charge in [0.15, 0.2) is 0 Å². The highest BCUT2D eigenvalue weighted by molar-refractivity contribution is 6.80. The van der Waals surface area contributed by atoms with Crippen molar-refractivity contribution in [3.63, 3.8) is 0 Å². The minimum absolute atomic E-state index is 0.155. The van der Waals surface area contributed by atoms with Crippen molar-refractivity contribution >= 4 is 19.4 Å². The van der Waals surface area contributed by atoms with E-state index < -0.39 is 9.04 Å². The van der Waals surface area contributed by atoms with Crippen molar-refractivity contribution in [2.75, 3.05) is 6.61 Å². The molecular formula is C17H18OSi. The van der Waals surface area contributed by atoms with Crippen molar-refractivity contribution in [3.8, 4) is 12.3 Å². The molecule has 2 aromatic carbocycles. The number of rotatable bonds is 5. The molecule has 0 bridgehead atoms. The van der Waals surface area contributed by atoms with Crippen LogP contribution in [0.15, 0.2) is 60.7 Å². The summed E-state index contributed by atoms with van der Waals surface area (Å²) in [5.41, 5.74) is 0. The molecule has 2 heteroatoms. The lowest BCUT2D eigenvalue weighted by Crippen LogP contribution is -2.45. The lowest BCUT2D eigenvalue weighted by Gasteiger charge is -2.18. The first kappa shape index (κ1) is 13.6. The van der Waals surface area contributed by atoms with Crippen LogP contribution in [-0.4, -0.2) is 15.6 Å². The molecule has 2 rings (SSSR count). The molecule has 0 heterocycles. The lowest BCUT2D eigenvalue weighted by atomic mass is 10.2. The topological polar surface area (TPSA) is 9.23 Å². The molecule has 0 aliphatic carbocycles. The van der Waals surface area contributed by atoms with Crippen LogP contribution in [-0.2, 0) is 4.43 Å². The van der Waals surface area contributed by atoms with Crippen LogP contribution in [0.2, 0.25) is 0 Å². The molecule has 96 valence electrons. The Hall–Kier alpha value is -1.82. The fraction of sp³-hybridized carbons (Fsp3) is 0.176. The van der Waals surface area contributed by atoms with Gasteiger partial charge >= 0.3 is 0 Å². The zero-order valence-electron chi connectivity index (χ0n) is 11.1. The minimum Gasteiger partial charge on any atom is -0.410 e. The summed E-state index contributed by atoms with van der Waals surface area (Å²) in [6.07, 6.45) is 5.42. The summed E-state index contributed by atoms with van der Waals surface area (Å²) < 4.78 is 6.16. The van der Waals surface area contributed by atoms with Crippen LogP contribution in [0.3, 0.4) is 0 Å². The Bertz CT molecular complexity index is 491. The molecule has 0 amide bonds. The Balaban J connectivity index is 2.22. The van der Waals surface area contributed by atoms with Crippen molar-refractivity contribution < 1.29 is 4.43 Å². The van der Waals surface area contributed by atoms with Crippen molar-refractivity contribution in [1.82, 2.24) is 0 Å². The first-order valence-corrected chi connectivity index (χ1v) is 8.11. The van der Waals surface area contributed by atoms with Gasteiger partial charge in [-0.3, -0.25) is 0 Å². The van der Waals surface area contributed by atoms with E-state index in [9.17, 15) is 0 Å². The number of terminal acetylenes is 1. The van der Waals surface area contributed by atoms with Gasteiger partial charge in [-0.15, -0.1) is 12.3 Å². The largest absolute Gasteiger partial charge is 0.410 e. The molecule has 0 spiro atoms. The molecule has 0 radical (unpaired) electrons. The minimum atomic E-state index is -1.62. The van der Waals surface area contributed by atoms with E-state index in [-0.39, 0.29) is 5.92 Å². The SMILES string of the molecule is C#CC(C)CO[SiH](c1ccccc1)c1ccccc1. The van der Waals surface area contributed by atoms with Gasteiger partial charge in [-0.25, -0.2) is 0 Å².